The van der Waals surface area contributed by atoms with Gasteiger partial charge in [0.05, 0.1) is 0 Å². The van der Waals surface area contributed by atoms with Gasteiger partial charge in [-0.3, -0.25) is 9.35 Å². The molecule has 0 amide bonds. The summed E-state index contributed by atoms with van der Waals surface area (Å²) in [4.78, 5) is 12.3. The molecule has 0 unspecified atom stereocenters. The Balaban J connectivity index is 2.34. The summed E-state index contributed by atoms with van der Waals surface area (Å²) in [7, 11) is -5.04. The molecule has 0 spiro atoms. The molecule has 0 aliphatic rings. The minimum absolute atomic E-state index is 0.0808. The third-order valence-electron chi connectivity index (χ3n) is 3.40. The van der Waals surface area contributed by atoms with E-state index in [1.807, 2.05) is 0 Å². The van der Waals surface area contributed by atoms with E-state index < -0.39 is 49.8 Å². The molecule has 0 aliphatic heterocycles. The summed E-state index contributed by atoms with van der Waals surface area (Å²) in [6.07, 6.45) is 0. The van der Waals surface area contributed by atoms with Crippen molar-refractivity contribution in [2.75, 3.05) is 0 Å². The molecule has 1 heterocycles. The van der Waals surface area contributed by atoms with E-state index in [0.717, 1.165) is 6.07 Å². The molecule has 2 aromatic carbocycles. The molecule has 3 aromatic rings. The fourth-order valence-corrected chi connectivity index (χ4v) is 2.63. The molecule has 10 nitrogen and oxygen atoms in total. The molecule has 26 heavy (non-hydrogen) atoms. The van der Waals surface area contributed by atoms with Gasteiger partial charge in [0, 0.05) is 11.6 Å². The number of benzene rings is 2. The van der Waals surface area contributed by atoms with E-state index in [9.17, 15) is 33.6 Å². The van der Waals surface area contributed by atoms with E-state index in [0.29, 0.717) is 0 Å². The Hall–Kier alpha value is -3.44. The molecule has 0 saturated heterocycles. The molecular weight excluding hydrogens is 372 g/mol. The van der Waals surface area contributed by atoms with Crippen LogP contribution >= 0.6 is 0 Å². The number of hydrogen-bond donors (Lipinski definition) is 5. The molecule has 136 valence electrons. The van der Waals surface area contributed by atoms with Crippen LogP contribution in [0.5, 0.6) is 28.7 Å². The minimum Gasteiger partial charge on any atom is -0.508 e. The fraction of sp³-hybridized carbons (Fsp3) is 0. The second kappa shape index (κ2) is 5.82. The standard InChI is InChI=1S/C15H10O10S/c16-7-3-1-6(2-4-7)15-14(20)13(19)10-8(24-15)5-9(11(17)12(10)18)25-26(21,22)23/h1-5,16-18,20H,(H,21,22,23). The molecule has 0 radical (unpaired) electrons. The Morgan fingerprint density at radius 3 is 2.12 bits per heavy atom. The summed E-state index contributed by atoms with van der Waals surface area (Å²) in [6.45, 7) is 0. The lowest BCUT2D eigenvalue weighted by atomic mass is 10.1. The summed E-state index contributed by atoms with van der Waals surface area (Å²) in [5.74, 6) is -4.47. The topological polar surface area (TPSA) is 175 Å². The van der Waals surface area contributed by atoms with Crippen molar-refractivity contribution < 1.29 is 42.0 Å². The highest BCUT2D eigenvalue weighted by Gasteiger charge is 2.24. The lowest BCUT2D eigenvalue weighted by molar-refractivity contribution is 0.358. The van der Waals surface area contributed by atoms with E-state index in [-0.39, 0.29) is 17.1 Å². The molecule has 11 heteroatoms. The van der Waals surface area contributed by atoms with Crippen molar-refractivity contribution in [2.24, 2.45) is 0 Å². The number of fused-ring (bicyclic) bond motifs is 1. The smallest absolute Gasteiger partial charge is 0.446 e. The third-order valence-corrected chi connectivity index (χ3v) is 3.79. The van der Waals surface area contributed by atoms with Crippen LogP contribution in [0.25, 0.3) is 22.3 Å². The van der Waals surface area contributed by atoms with Crippen molar-refractivity contribution in [1.82, 2.24) is 0 Å². The third kappa shape index (κ3) is 2.96. The highest BCUT2D eigenvalue weighted by atomic mass is 32.3. The summed E-state index contributed by atoms with van der Waals surface area (Å²) < 4.78 is 39.8. The molecule has 1 aromatic heterocycles. The first-order valence-corrected chi connectivity index (χ1v) is 8.16. The average molecular weight is 382 g/mol. The van der Waals surface area contributed by atoms with Gasteiger partial charge in [0.25, 0.3) is 0 Å². The quantitative estimate of drug-likeness (QED) is 0.329. The van der Waals surface area contributed by atoms with Gasteiger partial charge >= 0.3 is 10.4 Å². The Morgan fingerprint density at radius 1 is 0.923 bits per heavy atom. The lowest BCUT2D eigenvalue weighted by Crippen LogP contribution is -2.08. The second-order valence-corrected chi connectivity index (χ2v) is 6.13. The monoisotopic (exact) mass is 382 g/mol. The zero-order valence-corrected chi connectivity index (χ0v) is 13.4. The zero-order chi connectivity index (χ0) is 19.2. The molecule has 0 aliphatic carbocycles. The van der Waals surface area contributed by atoms with E-state index >= 15 is 0 Å². The van der Waals surface area contributed by atoms with Crippen molar-refractivity contribution in [3.8, 4) is 40.1 Å². The van der Waals surface area contributed by atoms with Crippen LogP contribution in [-0.4, -0.2) is 33.4 Å². The Morgan fingerprint density at radius 2 is 1.54 bits per heavy atom. The van der Waals surface area contributed by atoms with E-state index in [2.05, 4.69) is 4.18 Å². The van der Waals surface area contributed by atoms with Gasteiger partial charge in [-0.1, -0.05) is 0 Å². The van der Waals surface area contributed by atoms with Gasteiger partial charge in [-0.15, -0.1) is 0 Å². The van der Waals surface area contributed by atoms with E-state index in [4.69, 9.17) is 8.97 Å². The van der Waals surface area contributed by atoms with Crippen LogP contribution < -0.4 is 9.61 Å². The highest BCUT2D eigenvalue weighted by molar-refractivity contribution is 7.81. The highest BCUT2D eigenvalue weighted by Crippen LogP contribution is 2.43. The maximum Gasteiger partial charge on any atom is 0.446 e. The second-order valence-electron chi connectivity index (χ2n) is 5.11. The average Bonchev–Trinajstić information content (AvgIpc) is 2.55. The van der Waals surface area contributed by atoms with E-state index in [1.165, 1.54) is 24.3 Å². The van der Waals surface area contributed by atoms with Crippen LogP contribution in [0.4, 0.5) is 0 Å². The summed E-state index contributed by atoms with van der Waals surface area (Å²) in [5.41, 5.74) is -1.37. The SMILES string of the molecule is O=c1c(O)c(-c2ccc(O)cc2)oc2cc(OS(=O)(=O)O)c(O)c(O)c12. The molecule has 3 rings (SSSR count). The van der Waals surface area contributed by atoms with Gasteiger partial charge in [-0.05, 0) is 24.3 Å². The first kappa shape index (κ1) is 17.4. The Kier molecular flexibility index (Phi) is 3.89. The van der Waals surface area contributed by atoms with Crippen molar-refractivity contribution in [3.63, 3.8) is 0 Å². The Labute approximate surface area is 144 Å². The molecule has 5 N–H and O–H groups in total. The van der Waals surface area contributed by atoms with Gasteiger partial charge in [0.1, 0.15) is 16.7 Å². The summed E-state index contributed by atoms with van der Waals surface area (Å²) in [5, 5.41) is 38.4. The van der Waals surface area contributed by atoms with Gasteiger partial charge in [0.2, 0.25) is 16.9 Å². The minimum atomic E-state index is -5.04. The Bertz CT molecular complexity index is 1180. The predicted molar refractivity (Wildman–Crippen MR) is 86.8 cm³/mol. The van der Waals surface area contributed by atoms with Crippen molar-refractivity contribution in [1.29, 1.82) is 0 Å². The molecular formula is C15H10O10S. The van der Waals surface area contributed by atoms with Crippen LogP contribution in [-0.2, 0) is 10.4 Å². The molecule has 0 atom stereocenters. The first-order valence-electron chi connectivity index (χ1n) is 6.79. The van der Waals surface area contributed by atoms with Crippen molar-refractivity contribution in [2.45, 2.75) is 0 Å². The summed E-state index contributed by atoms with van der Waals surface area (Å²) >= 11 is 0. The van der Waals surface area contributed by atoms with Gasteiger partial charge in [-0.2, -0.15) is 8.42 Å². The number of phenolic OH excluding ortho intramolecular Hbond substituents is 3. The summed E-state index contributed by atoms with van der Waals surface area (Å²) in [6, 6.07) is 5.92. The van der Waals surface area contributed by atoms with Crippen LogP contribution in [0.3, 0.4) is 0 Å². The predicted octanol–water partition coefficient (Wildman–Crippen LogP) is 1.46. The first-order chi connectivity index (χ1) is 12.1. The van der Waals surface area contributed by atoms with E-state index in [1.54, 1.807) is 0 Å². The van der Waals surface area contributed by atoms with Gasteiger partial charge < -0.3 is 29.0 Å². The number of phenols is 3. The largest absolute Gasteiger partial charge is 0.508 e. The maximum atomic E-state index is 12.3. The van der Waals surface area contributed by atoms with Crippen LogP contribution in [0, 0.1) is 0 Å². The number of aromatic hydroxyl groups is 4. The van der Waals surface area contributed by atoms with Crippen molar-refractivity contribution in [3.05, 3.63) is 40.6 Å². The van der Waals surface area contributed by atoms with Crippen LogP contribution in [0.2, 0.25) is 0 Å². The van der Waals surface area contributed by atoms with Gasteiger partial charge in [0.15, 0.2) is 17.3 Å². The van der Waals surface area contributed by atoms with Crippen molar-refractivity contribution >= 4 is 21.4 Å². The maximum absolute atomic E-state index is 12.3. The van der Waals surface area contributed by atoms with Gasteiger partial charge in [-0.25, -0.2) is 0 Å². The fourth-order valence-electron chi connectivity index (χ4n) is 2.28. The van der Waals surface area contributed by atoms with Crippen LogP contribution in [0.1, 0.15) is 0 Å². The molecule has 0 saturated carbocycles. The number of hydrogen-bond acceptors (Lipinski definition) is 9. The molecule has 0 bridgehead atoms. The molecule has 0 fully saturated rings. The normalized spacial score (nSPS) is 11.6. The zero-order valence-electron chi connectivity index (χ0n) is 12.6. The van der Waals surface area contributed by atoms with Crippen LogP contribution in [0.15, 0.2) is 39.5 Å². The lowest BCUT2D eigenvalue weighted by Gasteiger charge is -2.10. The number of rotatable bonds is 3.